The minimum Gasteiger partial charge on any atom is -0.518 e. The number of hydrogen-bond acceptors (Lipinski definition) is 6. The molecule has 6 nitrogen and oxygen atoms in total. The molecule has 1 aromatic heterocycles. The van der Waals surface area contributed by atoms with Crippen LogP contribution in [0, 0.1) is 0 Å². The van der Waals surface area contributed by atoms with Gasteiger partial charge in [0, 0.05) is 14.2 Å². The summed E-state index contributed by atoms with van der Waals surface area (Å²) in [5, 5.41) is 0. The topological polar surface area (TPSA) is 59.3 Å². The highest BCUT2D eigenvalue weighted by atomic mass is 127. The van der Waals surface area contributed by atoms with Crippen molar-refractivity contribution in [3.63, 3.8) is 0 Å². The van der Waals surface area contributed by atoms with E-state index in [1.165, 1.54) is 0 Å². The van der Waals surface area contributed by atoms with Crippen LogP contribution in [-0.4, -0.2) is 36.1 Å². The first-order valence-electron chi connectivity index (χ1n) is 10.4. The number of furan rings is 1. The van der Waals surface area contributed by atoms with E-state index in [1.807, 2.05) is 17.1 Å². The third-order valence-electron chi connectivity index (χ3n) is 5.42. The van der Waals surface area contributed by atoms with Gasteiger partial charge < -0.3 is 27.8 Å². The average molecular weight is 555 g/mol. The normalized spacial score (nSPS) is 14.2. The number of methoxy groups -OCH3 is 2. The number of rotatable bonds is 14. The molecule has 0 aliphatic heterocycles. The smallest absolute Gasteiger partial charge is 0.276 e. The molecule has 0 amide bonds. The van der Waals surface area contributed by atoms with Crippen molar-refractivity contribution < 1.29 is 27.8 Å². The zero-order valence-corrected chi connectivity index (χ0v) is 23.1. The van der Waals surface area contributed by atoms with Crippen molar-refractivity contribution in [3.8, 4) is 5.95 Å². The Morgan fingerprint density at radius 2 is 1.60 bits per heavy atom. The van der Waals surface area contributed by atoms with E-state index in [2.05, 4.69) is 64.1 Å². The van der Waals surface area contributed by atoms with E-state index in [-0.39, 0.29) is 19.7 Å². The van der Waals surface area contributed by atoms with Crippen molar-refractivity contribution in [2.75, 3.05) is 27.8 Å². The molecular formula is C22H39IO6Si. The molecule has 0 radical (unpaired) electrons. The Labute approximate surface area is 196 Å². The minimum absolute atomic E-state index is 0.168. The maximum atomic E-state index is 6.84. The van der Waals surface area contributed by atoms with E-state index in [4.69, 9.17) is 27.8 Å². The Hall–Kier alpha value is -0.393. The van der Waals surface area contributed by atoms with E-state index < -0.39 is 8.32 Å². The number of halogens is 1. The van der Waals surface area contributed by atoms with Crippen molar-refractivity contribution in [3.05, 3.63) is 27.0 Å². The fourth-order valence-electron chi connectivity index (χ4n) is 4.13. The van der Waals surface area contributed by atoms with Crippen LogP contribution in [-0.2, 0) is 25.6 Å². The second-order valence-electron chi connectivity index (χ2n) is 8.44. The molecule has 1 rings (SSSR count). The molecule has 1 unspecified atom stereocenters. The van der Waals surface area contributed by atoms with Gasteiger partial charge in [0.1, 0.15) is 25.5 Å². The molecule has 1 heterocycles. The van der Waals surface area contributed by atoms with Gasteiger partial charge in [-0.05, 0) is 39.3 Å². The van der Waals surface area contributed by atoms with E-state index in [0.717, 1.165) is 11.1 Å². The summed E-state index contributed by atoms with van der Waals surface area (Å²) in [6.45, 7) is 16.3. The van der Waals surface area contributed by atoms with Gasteiger partial charge in [-0.3, -0.25) is 0 Å². The Morgan fingerprint density at radius 3 is 2.07 bits per heavy atom. The van der Waals surface area contributed by atoms with Gasteiger partial charge >= 0.3 is 0 Å². The predicted molar refractivity (Wildman–Crippen MR) is 131 cm³/mol. The summed E-state index contributed by atoms with van der Waals surface area (Å²) < 4.78 is 36.8. The van der Waals surface area contributed by atoms with Gasteiger partial charge in [0.25, 0.3) is 14.3 Å². The Morgan fingerprint density at radius 1 is 1.03 bits per heavy atom. The minimum atomic E-state index is -2.19. The third-order valence-corrected chi connectivity index (χ3v) is 12.4. The van der Waals surface area contributed by atoms with Gasteiger partial charge in [0.2, 0.25) is 0 Å². The van der Waals surface area contributed by atoms with Gasteiger partial charge in [-0.25, -0.2) is 0 Å². The highest BCUT2D eigenvalue weighted by Gasteiger charge is 2.48. The molecule has 0 spiro atoms. The average Bonchev–Trinajstić information content (AvgIpc) is 3.07. The second-order valence-corrected chi connectivity index (χ2v) is 14.4. The lowest BCUT2D eigenvalue weighted by atomic mass is 10.1. The molecule has 1 aromatic rings. The van der Waals surface area contributed by atoms with Crippen LogP contribution in [0.4, 0.5) is 0 Å². The lowest BCUT2D eigenvalue weighted by Gasteiger charge is -2.41. The highest BCUT2D eigenvalue weighted by Crippen LogP contribution is 2.45. The van der Waals surface area contributed by atoms with E-state index in [9.17, 15) is 0 Å². The maximum absolute atomic E-state index is 6.84. The first kappa shape index (κ1) is 27.6. The summed E-state index contributed by atoms with van der Waals surface area (Å²) in [7, 11) is 1.02. The van der Waals surface area contributed by atoms with Crippen molar-refractivity contribution in [1.29, 1.82) is 0 Å². The van der Waals surface area contributed by atoms with Crippen molar-refractivity contribution in [1.82, 2.24) is 0 Å². The summed E-state index contributed by atoms with van der Waals surface area (Å²) in [4.78, 5) is 0. The summed E-state index contributed by atoms with van der Waals surface area (Å²) in [5.41, 5.74) is 3.17. The van der Waals surface area contributed by atoms with E-state index >= 15 is 0 Å². The quantitative estimate of drug-likeness (QED) is 0.107. The van der Waals surface area contributed by atoms with Crippen LogP contribution in [0.1, 0.15) is 65.9 Å². The van der Waals surface area contributed by atoms with Crippen molar-refractivity contribution in [2.45, 2.75) is 77.8 Å². The zero-order chi connectivity index (χ0) is 22.9. The summed E-state index contributed by atoms with van der Waals surface area (Å²) >= 11 is 2.21. The fraction of sp³-hybridized carbons (Fsp3) is 0.727. The van der Waals surface area contributed by atoms with Crippen LogP contribution >= 0.6 is 22.6 Å². The zero-order valence-electron chi connectivity index (χ0n) is 19.9. The van der Waals surface area contributed by atoms with Crippen LogP contribution < -0.4 is 4.43 Å². The van der Waals surface area contributed by atoms with Gasteiger partial charge in [-0.1, -0.05) is 64.1 Å². The molecular weight excluding hydrogens is 515 g/mol. The molecule has 0 aliphatic rings. The van der Waals surface area contributed by atoms with Crippen molar-refractivity contribution >= 4 is 30.9 Å². The first-order valence-corrected chi connectivity index (χ1v) is 13.8. The highest BCUT2D eigenvalue weighted by molar-refractivity contribution is 14.1. The molecule has 0 saturated heterocycles. The van der Waals surface area contributed by atoms with Gasteiger partial charge in [-0.2, -0.15) is 0 Å². The Balaban J connectivity index is 3.43. The molecule has 0 aromatic carbocycles. The van der Waals surface area contributed by atoms with Gasteiger partial charge in [0.05, 0.1) is 12.2 Å². The van der Waals surface area contributed by atoms with Gasteiger partial charge in [-0.15, -0.1) is 0 Å². The largest absolute Gasteiger partial charge is 0.518 e. The second kappa shape index (κ2) is 13.2. The predicted octanol–water partition coefficient (Wildman–Crippen LogP) is 6.95. The molecule has 1 atom stereocenters. The molecule has 30 heavy (non-hydrogen) atoms. The van der Waals surface area contributed by atoms with Crippen LogP contribution in [0.3, 0.4) is 0 Å². The van der Waals surface area contributed by atoms with E-state index in [0.29, 0.717) is 34.9 Å². The fourth-order valence-corrected chi connectivity index (χ4v) is 9.66. The number of hydrogen-bond donors (Lipinski definition) is 0. The molecule has 0 saturated carbocycles. The van der Waals surface area contributed by atoms with Gasteiger partial charge in [0.15, 0.2) is 0 Å². The van der Waals surface area contributed by atoms with Crippen LogP contribution in [0.2, 0.25) is 16.6 Å². The molecule has 0 aliphatic carbocycles. The number of ether oxygens (including phenoxy) is 4. The van der Waals surface area contributed by atoms with Crippen molar-refractivity contribution in [2.24, 2.45) is 0 Å². The lowest BCUT2D eigenvalue weighted by Crippen LogP contribution is -2.50. The maximum Gasteiger partial charge on any atom is 0.276 e. The molecule has 0 bridgehead atoms. The summed E-state index contributed by atoms with van der Waals surface area (Å²) in [6.07, 6.45) is -0.353. The van der Waals surface area contributed by atoms with Crippen LogP contribution in [0.25, 0.3) is 0 Å². The molecule has 8 heteroatoms. The molecule has 0 N–H and O–H groups in total. The standard InChI is InChI=1S/C22H39IO6Si/c1-15(2)30(16(3)4,17(5)6)29-22-19(12-26-13-24-8)10-20(28-22)21(18(7)11-23)27-14-25-9/h10-11,15-17,21H,12-14H2,1-9H3/b18-11-. The Bertz CT molecular complexity index is 634. The monoisotopic (exact) mass is 554 g/mol. The van der Waals surface area contributed by atoms with E-state index in [1.54, 1.807) is 14.2 Å². The lowest BCUT2D eigenvalue weighted by molar-refractivity contribution is -0.0666. The summed E-state index contributed by atoms with van der Waals surface area (Å²) in [5.74, 6) is 1.22. The molecule has 0 fully saturated rings. The Kier molecular flexibility index (Phi) is 12.2. The first-order chi connectivity index (χ1) is 14.1. The SMILES string of the molecule is COCOCc1cc(C(OCOC)/C(C)=C\I)oc1O[Si](C(C)C)(C(C)C)C(C)C. The summed E-state index contributed by atoms with van der Waals surface area (Å²) in [6, 6.07) is 1.97. The molecule has 174 valence electrons. The van der Waals surface area contributed by atoms with Crippen LogP contribution in [0.5, 0.6) is 5.95 Å². The third kappa shape index (κ3) is 6.80. The van der Waals surface area contributed by atoms with Crippen LogP contribution in [0.15, 0.2) is 20.1 Å².